The van der Waals surface area contributed by atoms with Crippen LogP contribution in [0, 0.1) is 63.6 Å². The molecule has 0 bridgehead atoms. The summed E-state index contributed by atoms with van der Waals surface area (Å²) in [7, 11) is 2.15. The SMILES string of the molecule is C[C@H](CCC(=O)O)[C@H]1CC[C@H]2[C@@H]3[C@H](O)C[C@@H]4C[C@@H](OCCN(C)c5ccc([C@H]6C[C@@]7(C)C(CC[C@]7(C)O)C7CCC8=CC(=O)CCC8=C76)cc5)CC[C@]4(C)[C@H]3C[C@H](O)[C@]12C. The second-order valence-electron chi connectivity index (χ2n) is 22.6. The summed E-state index contributed by atoms with van der Waals surface area (Å²) in [5.74, 6) is 2.37. The number of ketones is 1. The van der Waals surface area contributed by atoms with Gasteiger partial charge in [-0.2, -0.15) is 0 Å². The highest BCUT2D eigenvalue weighted by Gasteiger charge is 2.66. The lowest BCUT2D eigenvalue weighted by atomic mass is 9.43. The molecule has 8 heteroatoms. The second-order valence-corrected chi connectivity index (χ2v) is 22.6. The molecule has 2 unspecified atom stereocenters. The standard InChI is InChI=1S/C52H75NO7/c1-30(7-18-46(57)58)40-16-17-42-48-43(28-45(56)52(40,42)5)49(2)21-19-36(26-33(49)27-44(48)55)60-24-23-53(6)34-11-8-31(9-12-34)39-29-50(3)41(20-22-51(50,4)59)38-14-10-32-25-35(54)13-15-37(32)47(38)39/h8-9,11-12,25,30,33,36,38-45,48,55-56,59H,7,10,13-24,26-29H2,1-6H3,(H,57,58)/t30-,33+,36+,38?,39-,40-,41?,42+,43+,44-,45+,48+,49+,50+,51+,52-/m1/s1. The quantitative estimate of drug-likeness (QED) is 0.184. The molecule has 0 saturated heterocycles. The van der Waals surface area contributed by atoms with Crippen LogP contribution in [0.5, 0.6) is 0 Å². The largest absolute Gasteiger partial charge is 0.481 e. The van der Waals surface area contributed by atoms with Crippen molar-refractivity contribution in [2.45, 2.75) is 167 Å². The number of carbonyl (C=O) groups is 2. The molecule has 6 saturated carbocycles. The maximum atomic E-state index is 12.5. The summed E-state index contributed by atoms with van der Waals surface area (Å²) < 4.78 is 6.66. The van der Waals surface area contributed by atoms with Crippen LogP contribution in [0.4, 0.5) is 5.69 Å². The fourth-order valence-corrected chi connectivity index (χ4v) is 16.4. The average molecular weight is 826 g/mol. The highest BCUT2D eigenvalue weighted by atomic mass is 16.5. The van der Waals surface area contributed by atoms with Gasteiger partial charge in [0.05, 0.1) is 30.5 Å². The van der Waals surface area contributed by atoms with Crippen molar-refractivity contribution in [2.24, 2.45) is 63.6 Å². The van der Waals surface area contributed by atoms with Gasteiger partial charge in [0, 0.05) is 43.5 Å². The number of anilines is 1. The summed E-state index contributed by atoms with van der Waals surface area (Å²) >= 11 is 0. The van der Waals surface area contributed by atoms with Gasteiger partial charge in [-0.15, -0.1) is 0 Å². The predicted molar refractivity (Wildman–Crippen MR) is 234 cm³/mol. The molecule has 1 aromatic rings. The molecule has 9 rings (SSSR count). The van der Waals surface area contributed by atoms with Gasteiger partial charge in [0.1, 0.15) is 0 Å². The topological polar surface area (TPSA) is 128 Å². The molecular weight excluding hydrogens is 751 g/mol. The van der Waals surface area contributed by atoms with Gasteiger partial charge in [-0.25, -0.2) is 0 Å². The fraction of sp³-hybridized carbons (Fsp3) is 0.769. The number of aliphatic hydroxyl groups is 3. The minimum Gasteiger partial charge on any atom is -0.481 e. The monoisotopic (exact) mass is 826 g/mol. The molecule has 1 aromatic carbocycles. The molecular formula is C52H75NO7. The summed E-state index contributed by atoms with van der Waals surface area (Å²) in [6, 6.07) is 9.17. The van der Waals surface area contributed by atoms with Gasteiger partial charge in [-0.3, -0.25) is 9.59 Å². The van der Waals surface area contributed by atoms with E-state index in [1.165, 1.54) is 22.4 Å². The van der Waals surface area contributed by atoms with Crippen molar-refractivity contribution in [3.05, 3.63) is 52.6 Å². The van der Waals surface area contributed by atoms with Crippen LogP contribution < -0.4 is 4.90 Å². The number of likely N-dealkylation sites (N-methyl/N-ethyl adjacent to an activating group) is 1. The average Bonchev–Trinajstić information content (AvgIpc) is 3.69. The summed E-state index contributed by atoms with van der Waals surface area (Å²) in [6.45, 7) is 12.7. The molecule has 8 aliphatic carbocycles. The Morgan fingerprint density at radius 3 is 2.43 bits per heavy atom. The van der Waals surface area contributed by atoms with E-state index in [2.05, 4.69) is 70.8 Å². The van der Waals surface area contributed by atoms with Crippen molar-refractivity contribution in [3.8, 4) is 0 Å². The van der Waals surface area contributed by atoms with E-state index >= 15 is 0 Å². The third-order valence-electron chi connectivity index (χ3n) is 20.1. The molecule has 4 N–H and O–H groups in total. The summed E-state index contributed by atoms with van der Waals surface area (Å²) in [5, 5.41) is 45.0. The molecule has 0 amide bonds. The lowest BCUT2D eigenvalue weighted by molar-refractivity contribution is -0.209. The fourth-order valence-electron chi connectivity index (χ4n) is 16.4. The Kier molecular flexibility index (Phi) is 11.1. The molecule has 330 valence electrons. The molecule has 0 radical (unpaired) electrons. The number of carboxylic acids is 1. The molecule has 8 nitrogen and oxygen atoms in total. The van der Waals surface area contributed by atoms with Crippen molar-refractivity contribution in [2.75, 3.05) is 25.1 Å². The Bertz CT molecular complexity index is 1890. The number of ether oxygens (including phenoxy) is 1. The van der Waals surface area contributed by atoms with E-state index in [1.54, 1.807) is 5.57 Å². The molecule has 0 aromatic heterocycles. The van der Waals surface area contributed by atoms with E-state index in [1.807, 2.05) is 6.08 Å². The van der Waals surface area contributed by atoms with Crippen LogP contribution in [0.3, 0.4) is 0 Å². The first-order valence-corrected chi connectivity index (χ1v) is 24.2. The van der Waals surface area contributed by atoms with Crippen LogP contribution in [0.2, 0.25) is 0 Å². The summed E-state index contributed by atoms with van der Waals surface area (Å²) in [6.07, 6.45) is 15.1. The van der Waals surface area contributed by atoms with Gasteiger partial charge in [-0.1, -0.05) is 45.4 Å². The minimum absolute atomic E-state index is 0.0720. The Morgan fingerprint density at radius 1 is 0.917 bits per heavy atom. The lowest BCUT2D eigenvalue weighted by Crippen LogP contribution is -2.62. The van der Waals surface area contributed by atoms with E-state index < -0.39 is 17.7 Å². The number of hydrogen-bond donors (Lipinski definition) is 4. The van der Waals surface area contributed by atoms with E-state index in [0.717, 1.165) is 90.0 Å². The van der Waals surface area contributed by atoms with E-state index in [-0.39, 0.29) is 76.2 Å². The number of allylic oxidation sites excluding steroid dienone is 4. The molecule has 6 fully saturated rings. The van der Waals surface area contributed by atoms with Gasteiger partial charge < -0.3 is 30.1 Å². The number of aliphatic carboxylic acids is 1. The third-order valence-corrected chi connectivity index (χ3v) is 20.1. The van der Waals surface area contributed by atoms with Crippen LogP contribution in [0.15, 0.2) is 47.1 Å². The van der Waals surface area contributed by atoms with Crippen molar-refractivity contribution < 1.29 is 34.8 Å². The second kappa shape index (κ2) is 15.6. The first kappa shape index (κ1) is 42.8. The molecule has 0 heterocycles. The van der Waals surface area contributed by atoms with Crippen LogP contribution in [-0.4, -0.2) is 76.3 Å². The first-order chi connectivity index (χ1) is 28.5. The highest BCUT2D eigenvalue weighted by molar-refractivity contribution is 5.93. The Labute approximate surface area is 359 Å². The predicted octanol–water partition coefficient (Wildman–Crippen LogP) is 9.26. The summed E-state index contributed by atoms with van der Waals surface area (Å²) in [5.41, 5.74) is 5.78. The van der Waals surface area contributed by atoms with Crippen LogP contribution >= 0.6 is 0 Å². The number of carboxylic acid groups (broad SMARTS) is 1. The number of nitrogens with zero attached hydrogens (tertiary/aromatic N) is 1. The number of carbonyl (C=O) groups excluding carboxylic acids is 1. The van der Waals surface area contributed by atoms with Crippen LogP contribution in [0.1, 0.15) is 149 Å². The maximum absolute atomic E-state index is 12.5. The van der Waals surface area contributed by atoms with Gasteiger partial charge in [0.25, 0.3) is 0 Å². The van der Waals surface area contributed by atoms with Gasteiger partial charge in [0.2, 0.25) is 0 Å². The number of aliphatic hydroxyl groups excluding tert-OH is 2. The van der Waals surface area contributed by atoms with Crippen LogP contribution in [-0.2, 0) is 14.3 Å². The third kappa shape index (κ3) is 6.81. The van der Waals surface area contributed by atoms with Crippen molar-refractivity contribution in [1.82, 2.24) is 0 Å². The number of rotatable bonds is 10. The smallest absolute Gasteiger partial charge is 0.303 e. The minimum atomic E-state index is -0.749. The lowest BCUT2D eigenvalue weighted by Gasteiger charge is -2.63. The Hall–Kier alpha value is -2.52. The summed E-state index contributed by atoms with van der Waals surface area (Å²) in [4.78, 5) is 26.1. The molecule has 0 aliphatic heterocycles. The number of benzene rings is 1. The highest BCUT2D eigenvalue weighted by Crippen LogP contribution is 2.69. The van der Waals surface area contributed by atoms with E-state index in [9.17, 15) is 30.0 Å². The van der Waals surface area contributed by atoms with E-state index in [4.69, 9.17) is 4.74 Å². The maximum Gasteiger partial charge on any atom is 0.303 e. The molecule has 8 aliphatic rings. The Morgan fingerprint density at radius 2 is 1.68 bits per heavy atom. The van der Waals surface area contributed by atoms with Crippen molar-refractivity contribution in [3.63, 3.8) is 0 Å². The normalized spacial score (nSPS) is 45.0. The van der Waals surface area contributed by atoms with E-state index in [0.29, 0.717) is 37.2 Å². The zero-order chi connectivity index (χ0) is 42.5. The van der Waals surface area contributed by atoms with Gasteiger partial charge in [-0.05, 0) is 190 Å². The first-order valence-electron chi connectivity index (χ1n) is 24.2. The molecule has 60 heavy (non-hydrogen) atoms. The van der Waals surface area contributed by atoms with Gasteiger partial charge in [0.15, 0.2) is 5.78 Å². The zero-order valence-electron chi connectivity index (χ0n) is 37.5. The van der Waals surface area contributed by atoms with Crippen molar-refractivity contribution in [1.29, 1.82) is 0 Å². The van der Waals surface area contributed by atoms with Gasteiger partial charge >= 0.3 is 5.97 Å². The zero-order valence-corrected chi connectivity index (χ0v) is 37.5. The van der Waals surface area contributed by atoms with Crippen LogP contribution in [0.25, 0.3) is 0 Å². The number of hydrogen-bond acceptors (Lipinski definition) is 7. The number of fused-ring (bicyclic) bond motifs is 9. The molecule has 16 atom stereocenters. The molecule has 0 spiro atoms. The Balaban J connectivity index is 0.832. The van der Waals surface area contributed by atoms with Crippen molar-refractivity contribution >= 4 is 17.4 Å².